The van der Waals surface area contributed by atoms with E-state index in [9.17, 15) is 22.8 Å². The first-order chi connectivity index (χ1) is 18.0. The third-order valence-electron chi connectivity index (χ3n) is 5.40. The summed E-state index contributed by atoms with van der Waals surface area (Å²) >= 11 is 12.9. The normalized spacial score (nSPS) is 15.6. The van der Waals surface area contributed by atoms with Crippen LogP contribution in [-0.4, -0.2) is 29.9 Å². The Balaban J connectivity index is 2.03. The standard InChI is InChI=1S/C26H19Cl2F3N2O4S/c1-3-11-37-18-10-9-17(28)12-15(18)13-19-23(34)33-21(14-5-7-16(27)8-6-14)20(24(35)36-4-2)22(26(29,30)31)32-25(33)38-19/h3,5-10,12-13,21H,1,4,11H2,2H3/b19-13-/t21-/m1/s1. The number of carbonyl (C=O) groups excluding carboxylic acids is 1. The number of nitrogens with zero attached hydrogens (tertiary/aromatic N) is 2. The summed E-state index contributed by atoms with van der Waals surface area (Å²) in [5.74, 6) is -0.842. The van der Waals surface area contributed by atoms with Gasteiger partial charge in [-0.05, 0) is 48.9 Å². The molecule has 1 aliphatic rings. The molecule has 1 aromatic heterocycles. The van der Waals surface area contributed by atoms with Crippen LogP contribution in [0.3, 0.4) is 0 Å². The van der Waals surface area contributed by atoms with Gasteiger partial charge < -0.3 is 9.47 Å². The van der Waals surface area contributed by atoms with Crippen LogP contribution in [0.1, 0.15) is 24.1 Å². The maximum atomic E-state index is 14.2. The smallest absolute Gasteiger partial charge is 0.434 e. The lowest BCUT2D eigenvalue weighted by atomic mass is 9.95. The molecule has 198 valence electrons. The van der Waals surface area contributed by atoms with E-state index in [0.29, 0.717) is 21.4 Å². The molecule has 2 aromatic carbocycles. The van der Waals surface area contributed by atoms with Crippen LogP contribution in [-0.2, 0) is 9.53 Å². The van der Waals surface area contributed by atoms with Gasteiger partial charge in [-0.25, -0.2) is 9.79 Å². The number of hydrogen-bond acceptors (Lipinski definition) is 6. The fourth-order valence-electron chi connectivity index (χ4n) is 3.85. The Kier molecular flexibility index (Phi) is 8.15. The van der Waals surface area contributed by atoms with Crippen LogP contribution in [0.4, 0.5) is 13.2 Å². The predicted molar refractivity (Wildman–Crippen MR) is 139 cm³/mol. The number of alkyl halides is 3. The van der Waals surface area contributed by atoms with E-state index in [-0.39, 0.29) is 28.1 Å². The van der Waals surface area contributed by atoms with Crippen molar-refractivity contribution in [3.63, 3.8) is 0 Å². The lowest BCUT2D eigenvalue weighted by Gasteiger charge is -2.26. The first-order valence-electron chi connectivity index (χ1n) is 11.1. The van der Waals surface area contributed by atoms with Gasteiger partial charge in [0.25, 0.3) is 5.56 Å². The minimum atomic E-state index is -5.00. The van der Waals surface area contributed by atoms with Gasteiger partial charge >= 0.3 is 12.1 Å². The van der Waals surface area contributed by atoms with Crippen molar-refractivity contribution in [2.75, 3.05) is 13.2 Å². The zero-order chi connectivity index (χ0) is 27.6. The number of rotatable bonds is 7. The van der Waals surface area contributed by atoms with Gasteiger partial charge in [-0.3, -0.25) is 9.36 Å². The van der Waals surface area contributed by atoms with Crippen LogP contribution in [0.2, 0.25) is 10.0 Å². The van der Waals surface area contributed by atoms with Crippen molar-refractivity contribution < 1.29 is 27.4 Å². The lowest BCUT2D eigenvalue weighted by Crippen LogP contribution is -2.41. The molecular weight excluding hydrogens is 564 g/mol. The highest BCUT2D eigenvalue weighted by molar-refractivity contribution is 7.07. The van der Waals surface area contributed by atoms with Gasteiger partial charge in [0.1, 0.15) is 12.4 Å². The average molecular weight is 583 g/mol. The van der Waals surface area contributed by atoms with Crippen molar-refractivity contribution in [3.8, 4) is 5.75 Å². The summed E-state index contributed by atoms with van der Waals surface area (Å²) in [4.78, 5) is 30.0. The minimum absolute atomic E-state index is 0.0556. The summed E-state index contributed by atoms with van der Waals surface area (Å²) in [7, 11) is 0. The van der Waals surface area contributed by atoms with Gasteiger partial charge in [-0.1, -0.05) is 59.3 Å². The predicted octanol–water partition coefficient (Wildman–Crippen LogP) is 5.21. The van der Waals surface area contributed by atoms with E-state index in [1.165, 1.54) is 43.3 Å². The molecule has 0 spiro atoms. The van der Waals surface area contributed by atoms with E-state index in [0.717, 1.165) is 15.9 Å². The number of allylic oxidation sites excluding steroid dienone is 1. The second-order valence-corrected chi connectivity index (χ2v) is 9.78. The van der Waals surface area contributed by atoms with Crippen molar-refractivity contribution in [2.45, 2.75) is 19.1 Å². The fraction of sp³-hybridized carbons (Fsp3) is 0.192. The molecule has 3 aromatic rings. The van der Waals surface area contributed by atoms with Crippen molar-refractivity contribution in [1.82, 2.24) is 4.57 Å². The monoisotopic (exact) mass is 582 g/mol. The molecule has 12 heteroatoms. The zero-order valence-corrected chi connectivity index (χ0v) is 22.0. The molecular formula is C26H19Cl2F3N2O4S. The van der Waals surface area contributed by atoms with Crippen molar-refractivity contribution in [3.05, 3.63) is 107 Å². The fourth-order valence-corrected chi connectivity index (χ4v) is 5.15. The Morgan fingerprint density at radius 1 is 1.18 bits per heavy atom. The Bertz CT molecular complexity index is 1610. The SMILES string of the molecule is C=CCOc1ccc(Cl)cc1/C=c1\sc2n(c1=O)[C@H](c1ccc(Cl)cc1)C(C(=O)OCC)=C(C(F)(F)F)N=2. The molecule has 0 fully saturated rings. The van der Waals surface area contributed by atoms with Gasteiger partial charge in [-0.15, -0.1) is 0 Å². The van der Waals surface area contributed by atoms with Crippen LogP contribution >= 0.6 is 34.5 Å². The Labute approximate surface area is 228 Å². The van der Waals surface area contributed by atoms with Gasteiger partial charge in [0.15, 0.2) is 10.5 Å². The Hall–Kier alpha value is -3.34. The first-order valence-corrected chi connectivity index (χ1v) is 12.7. The van der Waals surface area contributed by atoms with E-state index in [1.54, 1.807) is 18.2 Å². The molecule has 0 radical (unpaired) electrons. The van der Waals surface area contributed by atoms with Gasteiger partial charge in [0.2, 0.25) is 0 Å². The third-order valence-corrected chi connectivity index (χ3v) is 6.87. The molecule has 1 aliphatic heterocycles. The summed E-state index contributed by atoms with van der Waals surface area (Å²) in [6.07, 6.45) is -2.01. The molecule has 2 heterocycles. The number of halogens is 5. The largest absolute Gasteiger partial charge is 0.489 e. The van der Waals surface area contributed by atoms with Crippen LogP contribution in [0.15, 0.2) is 76.2 Å². The van der Waals surface area contributed by atoms with E-state index in [4.69, 9.17) is 32.7 Å². The van der Waals surface area contributed by atoms with Crippen LogP contribution in [0.25, 0.3) is 6.08 Å². The minimum Gasteiger partial charge on any atom is -0.489 e. The number of hydrogen-bond donors (Lipinski definition) is 0. The molecule has 0 aliphatic carbocycles. The summed E-state index contributed by atoms with van der Waals surface area (Å²) in [5, 5.41) is 0.685. The summed E-state index contributed by atoms with van der Waals surface area (Å²) in [6, 6.07) is 9.10. The molecule has 38 heavy (non-hydrogen) atoms. The Morgan fingerprint density at radius 3 is 2.50 bits per heavy atom. The molecule has 4 rings (SSSR count). The maximum Gasteiger partial charge on any atom is 0.434 e. The summed E-state index contributed by atoms with van der Waals surface area (Å²) < 4.78 is 54.3. The quantitative estimate of drug-likeness (QED) is 0.283. The molecule has 0 unspecified atom stereocenters. The van der Waals surface area contributed by atoms with E-state index in [2.05, 4.69) is 11.6 Å². The maximum absolute atomic E-state index is 14.2. The van der Waals surface area contributed by atoms with Crippen LogP contribution < -0.4 is 19.6 Å². The second-order valence-electron chi connectivity index (χ2n) is 7.90. The average Bonchev–Trinajstić information content (AvgIpc) is 3.17. The number of ether oxygens (including phenoxy) is 2. The zero-order valence-electron chi connectivity index (χ0n) is 19.7. The van der Waals surface area contributed by atoms with E-state index < -0.39 is 35.0 Å². The van der Waals surface area contributed by atoms with E-state index >= 15 is 0 Å². The van der Waals surface area contributed by atoms with Gasteiger partial charge in [0.05, 0.1) is 22.8 Å². The highest BCUT2D eigenvalue weighted by atomic mass is 35.5. The second kappa shape index (κ2) is 11.2. The Morgan fingerprint density at radius 2 is 1.87 bits per heavy atom. The molecule has 6 nitrogen and oxygen atoms in total. The number of aromatic nitrogens is 1. The first kappa shape index (κ1) is 27.7. The third kappa shape index (κ3) is 5.57. The topological polar surface area (TPSA) is 69.9 Å². The summed E-state index contributed by atoms with van der Waals surface area (Å²) in [6.45, 7) is 5.07. The summed E-state index contributed by atoms with van der Waals surface area (Å²) in [5.41, 5.74) is -2.24. The van der Waals surface area contributed by atoms with Crippen molar-refractivity contribution in [1.29, 1.82) is 0 Å². The van der Waals surface area contributed by atoms with Gasteiger partial charge in [0, 0.05) is 15.6 Å². The highest BCUT2D eigenvalue weighted by Crippen LogP contribution is 2.38. The molecule has 1 atom stereocenters. The molecule has 0 saturated heterocycles. The van der Waals surface area contributed by atoms with Crippen molar-refractivity contribution in [2.24, 2.45) is 4.99 Å². The van der Waals surface area contributed by atoms with Crippen LogP contribution in [0.5, 0.6) is 5.75 Å². The molecule has 0 bridgehead atoms. The number of thiazole rings is 1. The number of benzene rings is 2. The lowest BCUT2D eigenvalue weighted by molar-refractivity contribution is -0.140. The number of carbonyl (C=O) groups is 1. The number of esters is 1. The molecule has 0 saturated carbocycles. The number of fused-ring (bicyclic) bond motifs is 1. The molecule has 0 amide bonds. The highest BCUT2D eigenvalue weighted by Gasteiger charge is 2.45. The van der Waals surface area contributed by atoms with Crippen LogP contribution in [0, 0.1) is 0 Å². The molecule has 0 N–H and O–H groups in total. The van der Waals surface area contributed by atoms with Crippen molar-refractivity contribution >= 4 is 46.6 Å². The van der Waals surface area contributed by atoms with Gasteiger partial charge in [-0.2, -0.15) is 13.2 Å². The van der Waals surface area contributed by atoms with E-state index in [1.807, 2.05) is 0 Å².